The minimum absolute atomic E-state index is 0.0160. The van der Waals surface area contributed by atoms with Gasteiger partial charge in [0, 0.05) is 13.1 Å². The summed E-state index contributed by atoms with van der Waals surface area (Å²) < 4.78 is 126. The maximum absolute atomic E-state index is 13.6. The van der Waals surface area contributed by atoms with E-state index in [1.54, 1.807) is 0 Å². The number of hydrogen-bond donors (Lipinski definition) is 0. The molecule has 0 aromatic heterocycles. The van der Waals surface area contributed by atoms with Crippen molar-refractivity contribution < 1.29 is 49.0 Å². The van der Waals surface area contributed by atoms with Crippen LogP contribution < -0.4 is 0 Å². The van der Waals surface area contributed by atoms with Gasteiger partial charge in [-0.2, -0.15) is 39.5 Å². The monoisotopic (exact) mass is 423 g/mol. The summed E-state index contributed by atoms with van der Waals surface area (Å²) in [5.74, 6) is -5.78. The van der Waals surface area contributed by atoms with Gasteiger partial charge in [0.15, 0.2) is 5.41 Å². The van der Waals surface area contributed by atoms with Gasteiger partial charge >= 0.3 is 24.5 Å². The number of hydrogen-bond acceptors (Lipinski definition) is 3. The van der Waals surface area contributed by atoms with Crippen LogP contribution in [0.3, 0.4) is 0 Å². The van der Waals surface area contributed by atoms with Crippen LogP contribution in [0.2, 0.25) is 0 Å². The van der Waals surface area contributed by atoms with E-state index in [1.807, 2.05) is 0 Å². The van der Waals surface area contributed by atoms with Gasteiger partial charge in [-0.3, -0.25) is 9.69 Å². The number of carbonyl (C=O) groups is 1. The lowest BCUT2D eigenvalue weighted by molar-refractivity contribution is -0.349. The Morgan fingerprint density at radius 1 is 1.04 bits per heavy atom. The molecule has 2 atom stereocenters. The third-order valence-corrected chi connectivity index (χ3v) is 4.72. The normalized spacial score (nSPS) is 23.6. The van der Waals surface area contributed by atoms with Crippen LogP contribution in [0.1, 0.15) is 5.56 Å². The number of halogens is 9. The molecule has 0 unspecified atom stereocenters. The smallest absolute Gasteiger partial charge is 0.405 e. The molecule has 12 heteroatoms. The molecule has 1 heterocycles. The van der Waals surface area contributed by atoms with Crippen molar-refractivity contribution in [3.63, 3.8) is 0 Å². The predicted molar refractivity (Wildman–Crippen MR) is 76.7 cm³/mol. The topological polar surface area (TPSA) is 29.5 Å². The molecule has 1 aromatic rings. The van der Waals surface area contributed by atoms with E-state index in [0.717, 1.165) is 0 Å². The summed E-state index contributed by atoms with van der Waals surface area (Å²) in [7, 11) is 0.438. The highest BCUT2D eigenvalue weighted by atomic mass is 19.4. The van der Waals surface area contributed by atoms with Crippen LogP contribution in [0.15, 0.2) is 30.3 Å². The van der Waals surface area contributed by atoms with Crippen molar-refractivity contribution >= 4 is 5.97 Å². The van der Waals surface area contributed by atoms with E-state index in [0.29, 0.717) is 7.11 Å². The fourth-order valence-corrected chi connectivity index (χ4v) is 3.52. The zero-order valence-corrected chi connectivity index (χ0v) is 14.1. The number of alkyl halides is 9. The zero-order valence-electron chi connectivity index (χ0n) is 14.1. The molecule has 0 aliphatic carbocycles. The van der Waals surface area contributed by atoms with E-state index in [9.17, 15) is 44.3 Å². The minimum Gasteiger partial charge on any atom is -0.469 e. The Morgan fingerprint density at radius 3 is 1.93 bits per heavy atom. The van der Waals surface area contributed by atoms with E-state index < -0.39 is 55.0 Å². The molecule has 0 spiro atoms. The lowest BCUT2D eigenvalue weighted by Crippen LogP contribution is -2.59. The summed E-state index contributed by atoms with van der Waals surface area (Å²) in [5.41, 5.74) is -4.87. The maximum Gasteiger partial charge on any atom is 0.405 e. The Bertz CT molecular complexity index is 683. The number of nitrogens with zero attached hydrogens (tertiary/aromatic N) is 1. The lowest BCUT2D eigenvalue weighted by atomic mass is 9.73. The van der Waals surface area contributed by atoms with E-state index in [-0.39, 0.29) is 10.5 Å². The molecule has 1 aliphatic rings. The largest absolute Gasteiger partial charge is 0.469 e. The van der Waals surface area contributed by atoms with Gasteiger partial charge in [0.25, 0.3) is 0 Å². The van der Waals surface area contributed by atoms with Gasteiger partial charge in [-0.15, -0.1) is 0 Å². The van der Waals surface area contributed by atoms with Crippen LogP contribution in [0.4, 0.5) is 39.5 Å². The summed E-state index contributed by atoms with van der Waals surface area (Å²) in [6, 6.07) is 3.38. The van der Waals surface area contributed by atoms with Gasteiger partial charge in [0.2, 0.25) is 0 Å². The molecule has 158 valence electrons. The molecule has 2 rings (SSSR count). The molecule has 1 saturated heterocycles. The van der Waals surface area contributed by atoms with Crippen molar-refractivity contribution in [2.24, 2.45) is 11.3 Å². The average Bonchev–Trinajstić information content (AvgIpc) is 2.91. The fraction of sp³-hybridized carbons (Fsp3) is 0.562. The van der Waals surface area contributed by atoms with Gasteiger partial charge in [-0.05, 0) is 5.56 Å². The molecule has 0 radical (unpaired) electrons. The van der Waals surface area contributed by atoms with E-state index in [4.69, 9.17) is 0 Å². The number of esters is 1. The molecule has 1 aromatic carbocycles. The predicted octanol–water partition coefficient (Wildman–Crippen LogP) is 4.33. The number of benzene rings is 1. The van der Waals surface area contributed by atoms with Crippen molar-refractivity contribution in [2.75, 3.05) is 13.7 Å². The van der Waals surface area contributed by atoms with Gasteiger partial charge < -0.3 is 4.74 Å². The molecule has 3 nitrogen and oxygen atoms in total. The molecule has 0 saturated carbocycles. The molecular formula is C16H14F9NO2. The van der Waals surface area contributed by atoms with Crippen LogP contribution in [0.5, 0.6) is 0 Å². The average molecular weight is 423 g/mol. The van der Waals surface area contributed by atoms with Crippen LogP contribution in [-0.2, 0) is 16.1 Å². The Morgan fingerprint density at radius 2 is 1.54 bits per heavy atom. The third kappa shape index (κ3) is 3.65. The summed E-state index contributed by atoms with van der Waals surface area (Å²) in [6.45, 7) is -2.95. The Hall–Kier alpha value is -1.98. The highest BCUT2D eigenvalue weighted by molar-refractivity contribution is 5.75. The number of rotatable bonds is 3. The molecule has 1 aliphatic heterocycles. The SMILES string of the molecule is COC(=O)[C@@H]1[C@@H](C(F)(F)F)N(Cc2ccccc2)CC1(C(F)(F)F)C(F)(F)F. The maximum atomic E-state index is 13.6. The second-order valence-corrected chi connectivity index (χ2v) is 6.34. The highest BCUT2D eigenvalue weighted by Gasteiger charge is 2.83. The number of carbonyl (C=O) groups excluding carboxylic acids is 1. The van der Waals surface area contributed by atoms with Crippen molar-refractivity contribution in [1.29, 1.82) is 0 Å². The second-order valence-electron chi connectivity index (χ2n) is 6.34. The first kappa shape index (κ1) is 22.3. The summed E-state index contributed by atoms with van der Waals surface area (Å²) in [5, 5.41) is 0. The van der Waals surface area contributed by atoms with Crippen LogP contribution in [0, 0.1) is 11.3 Å². The zero-order chi connectivity index (χ0) is 21.5. The molecule has 0 amide bonds. The molecular weight excluding hydrogens is 409 g/mol. The molecule has 28 heavy (non-hydrogen) atoms. The summed E-state index contributed by atoms with van der Waals surface area (Å²) in [6.07, 6.45) is -17.9. The van der Waals surface area contributed by atoms with Crippen LogP contribution in [0.25, 0.3) is 0 Å². The number of ether oxygens (including phenoxy) is 1. The Kier molecular flexibility index (Phi) is 5.68. The molecule has 1 fully saturated rings. The lowest BCUT2D eigenvalue weighted by Gasteiger charge is -2.37. The van der Waals surface area contributed by atoms with E-state index in [2.05, 4.69) is 4.74 Å². The van der Waals surface area contributed by atoms with Crippen molar-refractivity contribution in [3.8, 4) is 0 Å². The minimum atomic E-state index is -6.18. The van der Waals surface area contributed by atoms with E-state index in [1.165, 1.54) is 30.3 Å². The summed E-state index contributed by atoms with van der Waals surface area (Å²) >= 11 is 0. The number of methoxy groups -OCH3 is 1. The standard InChI is InChI=1S/C16H14F9NO2/c1-28-12(27)10-11(14(17,18)19)26(7-9-5-3-2-4-6-9)8-13(10,15(20,21)22)16(23,24)25/h2-6,10-11H,7-8H2,1H3/t10-,11-/m0/s1. The van der Waals surface area contributed by atoms with Crippen molar-refractivity contribution in [2.45, 2.75) is 31.1 Å². The summed E-state index contributed by atoms with van der Waals surface area (Å²) in [4.78, 5) is 11.8. The first-order valence-corrected chi connectivity index (χ1v) is 7.73. The third-order valence-electron chi connectivity index (χ3n) is 4.72. The van der Waals surface area contributed by atoms with Gasteiger partial charge in [0.05, 0.1) is 7.11 Å². The Balaban J connectivity index is 2.70. The fourth-order valence-electron chi connectivity index (χ4n) is 3.52. The number of likely N-dealkylation sites (tertiary alicyclic amines) is 1. The highest BCUT2D eigenvalue weighted by Crippen LogP contribution is 2.62. The van der Waals surface area contributed by atoms with Gasteiger partial charge in [-0.1, -0.05) is 30.3 Å². The van der Waals surface area contributed by atoms with Crippen molar-refractivity contribution in [1.82, 2.24) is 4.90 Å². The van der Waals surface area contributed by atoms with E-state index >= 15 is 0 Å². The van der Waals surface area contributed by atoms with Gasteiger partial charge in [-0.25, -0.2) is 0 Å². The van der Waals surface area contributed by atoms with Crippen LogP contribution >= 0.6 is 0 Å². The quantitative estimate of drug-likeness (QED) is 0.536. The first-order valence-electron chi connectivity index (χ1n) is 7.73. The van der Waals surface area contributed by atoms with Crippen molar-refractivity contribution in [3.05, 3.63) is 35.9 Å². The van der Waals surface area contributed by atoms with Gasteiger partial charge in [0.1, 0.15) is 12.0 Å². The van der Waals surface area contributed by atoms with Crippen LogP contribution in [-0.4, -0.2) is 49.1 Å². The Labute approximate surface area is 153 Å². The molecule has 0 N–H and O–H groups in total. The first-order chi connectivity index (χ1) is 12.7. The molecule has 0 bridgehead atoms. The second kappa shape index (κ2) is 7.12.